The molecular formula is C25H25ClN4O2. The van der Waals surface area contributed by atoms with Crippen LogP contribution in [0.15, 0.2) is 66.7 Å². The van der Waals surface area contributed by atoms with E-state index in [4.69, 9.17) is 21.3 Å². The fourth-order valence-corrected chi connectivity index (χ4v) is 3.72. The first-order valence-corrected chi connectivity index (χ1v) is 10.9. The van der Waals surface area contributed by atoms with Gasteiger partial charge in [0, 0.05) is 35.4 Å². The summed E-state index contributed by atoms with van der Waals surface area (Å²) in [5.41, 5.74) is 3.74. The van der Waals surface area contributed by atoms with Gasteiger partial charge in [0.05, 0.1) is 23.8 Å². The molecule has 2 amide bonds. The summed E-state index contributed by atoms with van der Waals surface area (Å²) in [6, 6.07) is 21.2. The van der Waals surface area contributed by atoms with Gasteiger partial charge in [-0.2, -0.15) is 0 Å². The third-order valence-electron chi connectivity index (χ3n) is 5.18. The van der Waals surface area contributed by atoms with Crippen LogP contribution in [0.1, 0.15) is 12.0 Å². The Hall–Kier alpha value is -3.51. The first kappa shape index (κ1) is 21.7. The molecule has 0 fully saturated rings. The molecule has 0 aliphatic rings. The molecule has 3 aromatic carbocycles. The summed E-state index contributed by atoms with van der Waals surface area (Å²) in [5, 5.41) is 11.9. The number of urea groups is 1. The van der Waals surface area contributed by atoms with Gasteiger partial charge in [0.15, 0.2) is 0 Å². The second kappa shape index (κ2) is 10.2. The number of ether oxygens (including phenoxy) is 1. The van der Waals surface area contributed by atoms with Crippen molar-refractivity contribution >= 4 is 45.1 Å². The summed E-state index contributed by atoms with van der Waals surface area (Å²) >= 11 is 6.18. The SMILES string of the molecule is COc1ccc2nc3cc(Cl)ccc3c(NCCCNC(=O)NCc3ccccc3)c2c1. The molecule has 1 aromatic heterocycles. The van der Waals surface area contributed by atoms with Crippen LogP contribution >= 0.6 is 11.6 Å². The molecule has 0 saturated heterocycles. The Balaban J connectivity index is 1.39. The van der Waals surface area contributed by atoms with Gasteiger partial charge in [-0.15, -0.1) is 0 Å². The normalized spacial score (nSPS) is 10.8. The Morgan fingerprint density at radius 3 is 2.59 bits per heavy atom. The molecule has 164 valence electrons. The Morgan fingerprint density at radius 2 is 1.78 bits per heavy atom. The molecule has 1 heterocycles. The summed E-state index contributed by atoms with van der Waals surface area (Å²) in [4.78, 5) is 16.8. The van der Waals surface area contributed by atoms with Crippen LogP contribution in [0.5, 0.6) is 5.75 Å². The zero-order valence-electron chi connectivity index (χ0n) is 17.8. The molecule has 0 atom stereocenters. The number of rotatable bonds is 8. The molecule has 7 heteroatoms. The van der Waals surface area contributed by atoms with Gasteiger partial charge >= 0.3 is 6.03 Å². The lowest BCUT2D eigenvalue weighted by molar-refractivity contribution is 0.240. The first-order chi connectivity index (χ1) is 15.6. The molecule has 6 nitrogen and oxygen atoms in total. The highest BCUT2D eigenvalue weighted by Crippen LogP contribution is 2.34. The van der Waals surface area contributed by atoms with Gasteiger partial charge in [-0.3, -0.25) is 0 Å². The maximum Gasteiger partial charge on any atom is 0.315 e. The number of nitrogens with one attached hydrogen (secondary N) is 3. The van der Waals surface area contributed by atoms with Gasteiger partial charge in [-0.05, 0) is 48.4 Å². The number of anilines is 1. The van der Waals surface area contributed by atoms with E-state index in [1.54, 1.807) is 7.11 Å². The molecule has 3 N–H and O–H groups in total. The predicted octanol–water partition coefficient (Wildman–Crippen LogP) is 5.35. The summed E-state index contributed by atoms with van der Waals surface area (Å²) in [6.07, 6.45) is 0.766. The van der Waals surface area contributed by atoms with E-state index in [9.17, 15) is 4.79 Å². The second-order valence-electron chi connectivity index (χ2n) is 7.41. The Morgan fingerprint density at radius 1 is 0.938 bits per heavy atom. The van der Waals surface area contributed by atoms with Crippen molar-refractivity contribution in [3.8, 4) is 5.75 Å². The average Bonchev–Trinajstić information content (AvgIpc) is 2.82. The first-order valence-electron chi connectivity index (χ1n) is 10.5. The second-order valence-corrected chi connectivity index (χ2v) is 7.84. The molecule has 0 aliphatic carbocycles. The maximum absolute atomic E-state index is 12.0. The average molecular weight is 449 g/mol. The minimum atomic E-state index is -0.173. The molecule has 4 rings (SSSR count). The van der Waals surface area contributed by atoms with Crippen LogP contribution in [0.3, 0.4) is 0 Å². The summed E-state index contributed by atoms with van der Waals surface area (Å²) < 4.78 is 5.40. The van der Waals surface area contributed by atoms with Gasteiger partial charge in [0.2, 0.25) is 0 Å². The number of hydrogen-bond donors (Lipinski definition) is 3. The number of halogens is 1. The Kier molecular flexibility index (Phi) is 6.92. The number of aromatic nitrogens is 1. The molecule has 32 heavy (non-hydrogen) atoms. The van der Waals surface area contributed by atoms with Gasteiger partial charge in [-0.25, -0.2) is 9.78 Å². The van der Waals surface area contributed by atoms with Crippen molar-refractivity contribution < 1.29 is 9.53 Å². The van der Waals surface area contributed by atoms with Gasteiger partial charge in [0.1, 0.15) is 5.75 Å². The highest BCUT2D eigenvalue weighted by atomic mass is 35.5. The molecule has 0 spiro atoms. The van der Waals surface area contributed by atoms with E-state index in [-0.39, 0.29) is 6.03 Å². The van der Waals surface area contributed by atoms with Gasteiger partial charge < -0.3 is 20.7 Å². The topological polar surface area (TPSA) is 75.3 Å². The van der Waals surface area contributed by atoms with Crippen molar-refractivity contribution in [2.45, 2.75) is 13.0 Å². The number of benzene rings is 3. The minimum Gasteiger partial charge on any atom is -0.497 e. The molecule has 0 unspecified atom stereocenters. The molecule has 0 radical (unpaired) electrons. The lowest BCUT2D eigenvalue weighted by atomic mass is 10.1. The third kappa shape index (κ3) is 5.21. The predicted molar refractivity (Wildman–Crippen MR) is 131 cm³/mol. The number of methoxy groups -OCH3 is 1. The van der Waals surface area contributed by atoms with Crippen molar-refractivity contribution in [1.29, 1.82) is 0 Å². The van der Waals surface area contributed by atoms with E-state index in [0.717, 1.165) is 45.2 Å². The minimum absolute atomic E-state index is 0.173. The summed E-state index contributed by atoms with van der Waals surface area (Å²) in [5.74, 6) is 0.771. The van der Waals surface area contributed by atoms with Crippen LogP contribution in [-0.4, -0.2) is 31.2 Å². The smallest absolute Gasteiger partial charge is 0.315 e. The lowest BCUT2D eigenvalue weighted by Crippen LogP contribution is -2.36. The third-order valence-corrected chi connectivity index (χ3v) is 5.41. The zero-order chi connectivity index (χ0) is 22.3. The number of carbonyl (C=O) groups excluding carboxylic acids is 1. The number of fused-ring (bicyclic) bond motifs is 2. The standard InChI is InChI=1S/C25H25ClN4O2/c1-32-19-9-11-22-21(15-19)24(20-10-8-18(26)14-23(20)30-22)27-12-5-13-28-25(31)29-16-17-6-3-2-4-7-17/h2-4,6-11,14-15H,5,12-13,16H2,1H3,(H,27,30)(H2,28,29,31). The number of pyridine rings is 1. The van der Waals surface area contributed by atoms with Gasteiger partial charge in [-0.1, -0.05) is 41.9 Å². The van der Waals surface area contributed by atoms with Crippen molar-refractivity contribution in [3.63, 3.8) is 0 Å². The highest BCUT2D eigenvalue weighted by molar-refractivity contribution is 6.31. The molecule has 0 saturated carbocycles. The van der Waals surface area contributed by atoms with Gasteiger partial charge in [0.25, 0.3) is 0 Å². The Labute approximate surface area is 191 Å². The van der Waals surface area contributed by atoms with Crippen LogP contribution in [-0.2, 0) is 6.54 Å². The highest BCUT2D eigenvalue weighted by Gasteiger charge is 2.11. The summed E-state index contributed by atoms with van der Waals surface area (Å²) in [7, 11) is 1.65. The monoisotopic (exact) mass is 448 g/mol. The van der Waals surface area contributed by atoms with E-state index in [1.165, 1.54) is 0 Å². The molecule has 0 bridgehead atoms. The quantitative estimate of drug-likeness (QED) is 0.251. The molecule has 4 aromatic rings. The van der Waals surface area contributed by atoms with Crippen LogP contribution in [0.2, 0.25) is 5.02 Å². The van der Waals surface area contributed by atoms with Crippen LogP contribution < -0.4 is 20.7 Å². The largest absolute Gasteiger partial charge is 0.497 e. The zero-order valence-corrected chi connectivity index (χ0v) is 18.6. The number of carbonyl (C=O) groups is 1. The van der Waals surface area contributed by atoms with Crippen molar-refractivity contribution in [3.05, 3.63) is 77.3 Å². The van der Waals surface area contributed by atoms with E-state index in [1.807, 2.05) is 66.7 Å². The van der Waals surface area contributed by atoms with E-state index < -0.39 is 0 Å². The number of hydrogen-bond acceptors (Lipinski definition) is 4. The van der Waals surface area contributed by atoms with E-state index >= 15 is 0 Å². The Bertz CT molecular complexity index is 1230. The fourth-order valence-electron chi connectivity index (χ4n) is 3.56. The fraction of sp³-hybridized carbons (Fsp3) is 0.200. The van der Waals surface area contributed by atoms with Crippen LogP contribution in [0, 0.1) is 0 Å². The molecular weight excluding hydrogens is 424 g/mol. The van der Waals surface area contributed by atoms with Crippen LogP contribution in [0.25, 0.3) is 21.8 Å². The van der Waals surface area contributed by atoms with Crippen LogP contribution in [0.4, 0.5) is 10.5 Å². The summed E-state index contributed by atoms with van der Waals surface area (Å²) in [6.45, 7) is 1.75. The maximum atomic E-state index is 12.0. The lowest BCUT2D eigenvalue weighted by Gasteiger charge is -2.14. The van der Waals surface area contributed by atoms with Crippen molar-refractivity contribution in [1.82, 2.24) is 15.6 Å². The molecule has 0 aliphatic heterocycles. The van der Waals surface area contributed by atoms with Crippen molar-refractivity contribution in [2.75, 3.05) is 25.5 Å². The van der Waals surface area contributed by atoms with E-state index in [2.05, 4.69) is 16.0 Å². The number of nitrogens with zero attached hydrogens (tertiary/aromatic N) is 1. The number of amides is 2. The van der Waals surface area contributed by atoms with Crippen molar-refractivity contribution in [2.24, 2.45) is 0 Å². The van der Waals surface area contributed by atoms with E-state index in [0.29, 0.717) is 24.7 Å².